The number of aromatic nitrogens is 3. The number of hydrogen-bond donors (Lipinski definition) is 0. The number of ether oxygens (including phenoxy) is 1. The molecule has 0 aliphatic rings. The van der Waals surface area contributed by atoms with Crippen molar-refractivity contribution in [2.24, 2.45) is 0 Å². The Labute approximate surface area is 114 Å². The van der Waals surface area contributed by atoms with E-state index in [1.807, 2.05) is 0 Å². The number of alkyl halides is 3. The maximum Gasteiger partial charge on any atom is 0.417 e. The van der Waals surface area contributed by atoms with Crippen molar-refractivity contribution in [2.45, 2.75) is 26.8 Å². The number of nitrogens with zero attached hydrogens (tertiary/aromatic N) is 3. The fraction of sp³-hybridized carbons (Fsp3) is 0.385. The van der Waals surface area contributed by atoms with Crippen LogP contribution in [0.25, 0.3) is 11.3 Å². The van der Waals surface area contributed by atoms with E-state index in [9.17, 15) is 13.2 Å². The summed E-state index contributed by atoms with van der Waals surface area (Å²) in [5, 5.41) is 0. The molecule has 2 rings (SSSR count). The molecule has 0 spiro atoms. The van der Waals surface area contributed by atoms with E-state index in [-0.39, 0.29) is 0 Å². The van der Waals surface area contributed by atoms with Crippen molar-refractivity contribution in [1.82, 2.24) is 14.5 Å². The standard InChI is InChI=1S/C13H14F3N3O/c1-8-12(18-9(2)19(8)7-20-3)10-4-11(6-17-5-10)13(14,15)16/h4-6H,7H2,1-3H3. The highest BCUT2D eigenvalue weighted by Gasteiger charge is 2.31. The van der Waals surface area contributed by atoms with Gasteiger partial charge in [0.1, 0.15) is 12.6 Å². The molecule has 4 nitrogen and oxygen atoms in total. The first-order valence-electron chi connectivity index (χ1n) is 5.90. The Morgan fingerprint density at radius 2 is 1.95 bits per heavy atom. The quantitative estimate of drug-likeness (QED) is 0.869. The van der Waals surface area contributed by atoms with Crippen molar-refractivity contribution < 1.29 is 17.9 Å². The Balaban J connectivity index is 2.50. The number of hydrogen-bond acceptors (Lipinski definition) is 3. The first-order valence-corrected chi connectivity index (χ1v) is 5.90. The van der Waals surface area contributed by atoms with E-state index in [2.05, 4.69) is 9.97 Å². The van der Waals surface area contributed by atoms with Crippen LogP contribution in [0.3, 0.4) is 0 Å². The highest BCUT2D eigenvalue weighted by atomic mass is 19.4. The van der Waals surface area contributed by atoms with Gasteiger partial charge in [-0.25, -0.2) is 4.98 Å². The average Bonchev–Trinajstić information content (AvgIpc) is 2.66. The normalized spacial score (nSPS) is 11.9. The van der Waals surface area contributed by atoms with Gasteiger partial charge in [-0.15, -0.1) is 0 Å². The summed E-state index contributed by atoms with van der Waals surface area (Å²) in [6.45, 7) is 3.86. The molecular weight excluding hydrogens is 271 g/mol. The molecular formula is C13H14F3N3O. The van der Waals surface area contributed by atoms with Crippen molar-refractivity contribution in [3.8, 4) is 11.3 Å². The smallest absolute Gasteiger partial charge is 0.364 e. The van der Waals surface area contributed by atoms with Gasteiger partial charge >= 0.3 is 6.18 Å². The predicted molar refractivity (Wildman–Crippen MR) is 66.9 cm³/mol. The predicted octanol–water partition coefficient (Wildman–Crippen LogP) is 3.18. The molecule has 0 atom stereocenters. The van der Waals surface area contributed by atoms with E-state index in [4.69, 9.17) is 4.74 Å². The number of imidazole rings is 1. The molecule has 108 valence electrons. The van der Waals surface area contributed by atoms with Gasteiger partial charge in [-0.2, -0.15) is 13.2 Å². The third kappa shape index (κ3) is 2.67. The lowest BCUT2D eigenvalue weighted by Crippen LogP contribution is -2.06. The maximum atomic E-state index is 12.7. The van der Waals surface area contributed by atoms with Crippen LogP contribution in [-0.2, 0) is 17.6 Å². The van der Waals surface area contributed by atoms with Gasteiger partial charge in [0.25, 0.3) is 0 Å². The van der Waals surface area contributed by atoms with Crippen LogP contribution in [-0.4, -0.2) is 21.6 Å². The summed E-state index contributed by atoms with van der Waals surface area (Å²) in [5.41, 5.74) is 0.784. The molecule has 2 aromatic heterocycles. The van der Waals surface area contributed by atoms with Crippen LogP contribution in [0.5, 0.6) is 0 Å². The van der Waals surface area contributed by atoms with E-state index in [0.717, 1.165) is 18.0 Å². The number of methoxy groups -OCH3 is 1. The van der Waals surface area contributed by atoms with Crippen molar-refractivity contribution in [1.29, 1.82) is 0 Å². The highest BCUT2D eigenvalue weighted by molar-refractivity contribution is 5.62. The Hall–Kier alpha value is -1.89. The lowest BCUT2D eigenvalue weighted by molar-refractivity contribution is -0.137. The number of rotatable bonds is 3. The summed E-state index contributed by atoms with van der Waals surface area (Å²) in [5.74, 6) is 0.678. The van der Waals surface area contributed by atoms with Gasteiger partial charge in [-0.3, -0.25) is 4.98 Å². The van der Waals surface area contributed by atoms with Crippen LogP contribution >= 0.6 is 0 Å². The van der Waals surface area contributed by atoms with E-state index < -0.39 is 11.7 Å². The molecule has 0 aromatic carbocycles. The lowest BCUT2D eigenvalue weighted by Gasteiger charge is -2.08. The van der Waals surface area contributed by atoms with Gasteiger partial charge in [-0.05, 0) is 19.9 Å². The molecule has 0 radical (unpaired) electrons. The van der Waals surface area contributed by atoms with Gasteiger partial charge in [0.15, 0.2) is 0 Å². The molecule has 0 bridgehead atoms. The monoisotopic (exact) mass is 285 g/mol. The van der Waals surface area contributed by atoms with Crippen molar-refractivity contribution in [3.05, 3.63) is 35.5 Å². The first-order chi connectivity index (χ1) is 9.34. The van der Waals surface area contributed by atoms with E-state index >= 15 is 0 Å². The van der Waals surface area contributed by atoms with Gasteiger partial charge in [-0.1, -0.05) is 0 Å². The lowest BCUT2D eigenvalue weighted by atomic mass is 10.1. The largest absolute Gasteiger partial charge is 0.417 e. The summed E-state index contributed by atoms with van der Waals surface area (Å²) < 4.78 is 44.9. The van der Waals surface area contributed by atoms with Crippen molar-refractivity contribution in [3.63, 3.8) is 0 Å². The Bertz CT molecular complexity index is 620. The summed E-state index contributed by atoms with van der Waals surface area (Å²) >= 11 is 0. The molecule has 0 unspecified atom stereocenters. The Kier molecular flexibility index (Phi) is 3.80. The summed E-state index contributed by atoms with van der Waals surface area (Å²) in [4.78, 5) is 7.95. The third-order valence-corrected chi connectivity index (χ3v) is 3.01. The summed E-state index contributed by atoms with van der Waals surface area (Å²) in [6.07, 6.45) is -2.24. The fourth-order valence-corrected chi connectivity index (χ4v) is 1.99. The second kappa shape index (κ2) is 5.24. The van der Waals surface area contributed by atoms with Gasteiger partial charge in [0.2, 0.25) is 0 Å². The summed E-state index contributed by atoms with van der Waals surface area (Å²) in [6, 6.07) is 1.05. The second-order valence-electron chi connectivity index (χ2n) is 4.40. The number of aryl methyl sites for hydroxylation is 1. The molecule has 0 aliphatic heterocycles. The second-order valence-corrected chi connectivity index (χ2v) is 4.40. The molecule has 20 heavy (non-hydrogen) atoms. The summed E-state index contributed by atoms with van der Waals surface area (Å²) in [7, 11) is 1.55. The molecule has 2 heterocycles. The zero-order valence-corrected chi connectivity index (χ0v) is 11.3. The minimum atomic E-state index is -4.42. The van der Waals surface area contributed by atoms with Crippen LogP contribution in [0, 0.1) is 13.8 Å². The van der Waals surface area contributed by atoms with E-state index in [0.29, 0.717) is 23.8 Å². The van der Waals surface area contributed by atoms with Gasteiger partial charge in [0.05, 0.1) is 11.3 Å². The minimum Gasteiger partial charge on any atom is -0.364 e. The van der Waals surface area contributed by atoms with E-state index in [1.165, 1.54) is 6.20 Å². The molecule has 0 aliphatic carbocycles. The molecule has 0 saturated heterocycles. The van der Waals surface area contributed by atoms with Crippen LogP contribution in [0.1, 0.15) is 17.1 Å². The Morgan fingerprint density at radius 1 is 1.25 bits per heavy atom. The van der Waals surface area contributed by atoms with Gasteiger partial charge < -0.3 is 9.30 Å². The van der Waals surface area contributed by atoms with Crippen LogP contribution < -0.4 is 0 Å². The molecule has 7 heteroatoms. The molecule has 0 amide bonds. The SMILES string of the molecule is COCn1c(C)nc(-c2cncc(C(F)(F)F)c2)c1C. The number of halogens is 3. The highest BCUT2D eigenvalue weighted by Crippen LogP contribution is 2.32. The fourth-order valence-electron chi connectivity index (χ4n) is 1.99. The zero-order valence-electron chi connectivity index (χ0n) is 11.3. The number of pyridine rings is 1. The topological polar surface area (TPSA) is 39.9 Å². The maximum absolute atomic E-state index is 12.7. The zero-order chi connectivity index (χ0) is 14.9. The molecule has 0 saturated carbocycles. The Morgan fingerprint density at radius 3 is 2.55 bits per heavy atom. The molecule has 0 N–H and O–H groups in total. The first kappa shape index (κ1) is 14.5. The van der Waals surface area contributed by atoms with Crippen molar-refractivity contribution >= 4 is 0 Å². The van der Waals surface area contributed by atoms with Crippen LogP contribution in [0.2, 0.25) is 0 Å². The minimum absolute atomic E-state index is 0.303. The van der Waals surface area contributed by atoms with Crippen molar-refractivity contribution in [2.75, 3.05) is 7.11 Å². The van der Waals surface area contributed by atoms with Crippen LogP contribution in [0.15, 0.2) is 18.5 Å². The van der Waals surface area contributed by atoms with E-state index in [1.54, 1.807) is 25.5 Å². The average molecular weight is 285 g/mol. The molecule has 0 fully saturated rings. The van der Waals surface area contributed by atoms with Crippen LogP contribution in [0.4, 0.5) is 13.2 Å². The van der Waals surface area contributed by atoms with Gasteiger partial charge in [0, 0.05) is 30.8 Å². The molecule has 2 aromatic rings. The third-order valence-electron chi connectivity index (χ3n) is 3.01.